The van der Waals surface area contributed by atoms with Crippen LogP contribution in [0.25, 0.3) is 11.0 Å². The van der Waals surface area contributed by atoms with Gasteiger partial charge in [0.15, 0.2) is 5.96 Å². The van der Waals surface area contributed by atoms with E-state index < -0.39 is 82.4 Å². The lowest BCUT2D eigenvalue weighted by molar-refractivity contribution is -0.132. The first kappa shape index (κ1) is 44.8. The molecule has 59 heavy (non-hydrogen) atoms. The van der Waals surface area contributed by atoms with Crippen LogP contribution in [0.3, 0.4) is 0 Å². The summed E-state index contributed by atoms with van der Waals surface area (Å²) in [6.07, 6.45) is 0.990. The van der Waals surface area contributed by atoms with E-state index in [0.717, 1.165) is 6.07 Å². The number of carbonyl (C=O) groups is 6. The zero-order valence-electron chi connectivity index (χ0n) is 32.0. The highest BCUT2D eigenvalue weighted by Crippen LogP contribution is 2.22. The third kappa shape index (κ3) is 14.5. The van der Waals surface area contributed by atoms with Crippen LogP contribution in [-0.4, -0.2) is 82.3 Å². The first-order valence-electron chi connectivity index (χ1n) is 18.0. The molecule has 4 rings (SSSR count). The molecule has 0 fully saturated rings. The number of benzene rings is 3. The van der Waals surface area contributed by atoms with E-state index >= 15 is 0 Å². The van der Waals surface area contributed by atoms with Gasteiger partial charge in [-0.15, -0.1) is 0 Å². The van der Waals surface area contributed by atoms with Crippen molar-refractivity contribution < 1.29 is 41.8 Å². The third-order valence-electron chi connectivity index (χ3n) is 8.55. The molecule has 4 atom stereocenters. The Morgan fingerprint density at radius 3 is 2.02 bits per heavy atom. The van der Waals surface area contributed by atoms with Crippen LogP contribution >= 0.6 is 0 Å². The number of nitrogens with one attached hydrogen (secondary N) is 5. The number of nitrogens with zero attached hydrogens (tertiary/aromatic N) is 1. The summed E-state index contributed by atoms with van der Waals surface area (Å²) in [7, 11) is -1.26. The smallest absolute Gasteiger partial charge is 0.336 e. The number of guanidine groups is 1. The quantitative estimate of drug-likeness (QED) is 0.0343. The molecule has 20 heteroatoms. The maximum absolute atomic E-state index is 14.1. The Morgan fingerprint density at radius 1 is 0.797 bits per heavy atom. The monoisotopic (exact) mass is 833 g/mol. The first-order valence-corrected chi connectivity index (χ1v) is 19.7. The van der Waals surface area contributed by atoms with E-state index in [9.17, 15) is 42.2 Å². The number of hydrogen-bond acceptors (Lipinski definition) is 10. The Kier molecular flexibility index (Phi) is 15.9. The largest absolute Gasteiger partial charge is 0.423 e. The Morgan fingerprint density at radius 2 is 1.42 bits per heavy atom. The molecule has 3 aromatic carbocycles. The summed E-state index contributed by atoms with van der Waals surface area (Å²) in [6, 6.07) is 13.4. The van der Waals surface area contributed by atoms with Crippen molar-refractivity contribution in [2.24, 2.45) is 22.2 Å². The van der Waals surface area contributed by atoms with Gasteiger partial charge in [0.25, 0.3) is 0 Å². The van der Waals surface area contributed by atoms with Crippen LogP contribution in [0, 0.1) is 5.82 Å². The summed E-state index contributed by atoms with van der Waals surface area (Å²) in [5, 5.41) is 13.2. The van der Waals surface area contributed by atoms with Gasteiger partial charge in [0, 0.05) is 65.8 Å². The van der Waals surface area contributed by atoms with Gasteiger partial charge in [0.1, 0.15) is 29.5 Å². The summed E-state index contributed by atoms with van der Waals surface area (Å²) >= 11 is 0. The second-order valence-electron chi connectivity index (χ2n) is 13.4. The Balaban J connectivity index is 1.60. The predicted octanol–water partition coefficient (Wildman–Crippen LogP) is -0.352. The highest BCUT2D eigenvalue weighted by atomic mass is 32.2. The van der Waals surface area contributed by atoms with Gasteiger partial charge >= 0.3 is 5.63 Å². The molecule has 11 N–H and O–H groups in total. The zero-order chi connectivity index (χ0) is 43.2. The second-order valence-corrected chi connectivity index (χ2v) is 14.9. The molecule has 0 aliphatic carbocycles. The summed E-state index contributed by atoms with van der Waals surface area (Å²) in [5.41, 5.74) is 17.5. The van der Waals surface area contributed by atoms with E-state index in [0.29, 0.717) is 27.8 Å². The molecule has 6 amide bonds. The molecule has 0 aliphatic heterocycles. The molecule has 0 spiro atoms. The molecule has 0 saturated heterocycles. The number of primary amides is 1. The fraction of sp³-hybridized carbons (Fsp3) is 0.282. The van der Waals surface area contributed by atoms with Crippen LogP contribution < -0.4 is 49.4 Å². The molecule has 1 heterocycles. The average Bonchev–Trinajstić information content (AvgIpc) is 3.15. The van der Waals surface area contributed by atoms with Crippen molar-refractivity contribution in [2.45, 2.75) is 50.7 Å². The number of hydrogen-bond donors (Lipinski definition) is 8. The van der Waals surface area contributed by atoms with Gasteiger partial charge in [-0.2, -0.15) is 0 Å². The number of fused-ring (bicyclic) bond motifs is 1. The number of amides is 6. The van der Waals surface area contributed by atoms with E-state index in [1.165, 1.54) is 55.6 Å². The molecule has 1 aromatic heterocycles. The molecular weight excluding hydrogens is 790 g/mol. The maximum atomic E-state index is 14.1. The topological polar surface area (TPSA) is 300 Å². The Hall–Kier alpha value is -6.96. The minimum absolute atomic E-state index is 0.0379. The number of halogens is 1. The number of aliphatic imine (C=N–C) groups is 1. The molecule has 0 radical (unpaired) electrons. The van der Waals surface area contributed by atoms with E-state index in [2.05, 4.69) is 31.6 Å². The minimum Gasteiger partial charge on any atom is -0.423 e. The zero-order valence-corrected chi connectivity index (χ0v) is 32.9. The fourth-order valence-corrected chi connectivity index (χ4v) is 6.41. The van der Waals surface area contributed by atoms with Gasteiger partial charge in [0.2, 0.25) is 35.4 Å². The molecular formula is C39H44FN9O9S. The number of nitrogens with two attached hydrogens (primary N) is 3. The molecule has 0 saturated carbocycles. The highest BCUT2D eigenvalue weighted by molar-refractivity contribution is 7.84. The Labute approximate surface area is 339 Å². The van der Waals surface area contributed by atoms with Gasteiger partial charge in [-0.25, -0.2) is 14.2 Å². The van der Waals surface area contributed by atoms with Crippen molar-refractivity contribution in [3.05, 3.63) is 106 Å². The minimum atomic E-state index is -1.36. The molecule has 18 nitrogen and oxygen atoms in total. The van der Waals surface area contributed by atoms with Crippen LogP contribution in [-0.2, 0) is 58.8 Å². The normalized spacial score (nSPS) is 12.9. The van der Waals surface area contributed by atoms with Crippen LogP contribution in [0.1, 0.15) is 30.0 Å². The lowest BCUT2D eigenvalue weighted by Crippen LogP contribution is -2.55. The van der Waals surface area contributed by atoms with Gasteiger partial charge in [-0.3, -0.25) is 33.0 Å². The highest BCUT2D eigenvalue weighted by Gasteiger charge is 2.29. The molecule has 0 bridgehead atoms. The van der Waals surface area contributed by atoms with Crippen molar-refractivity contribution in [1.82, 2.24) is 21.3 Å². The van der Waals surface area contributed by atoms with Crippen molar-refractivity contribution in [3.8, 4) is 0 Å². The fourth-order valence-electron chi connectivity index (χ4n) is 5.84. The summed E-state index contributed by atoms with van der Waals surface area (Å²) in [4.78, 5) is 93.6. The summed E-state index contributed by atoms with van der Waals surface area (Å²) < 4.78 is 30.7. The van der Waals surface area contributed by atoms with E-state index in [4.69, 9.17) is 21.6 Å². The molecule has 1 unspecified atom stereocenters. The lowest BCUT2D eigenvalue weighted by atomic mass is 10.0. The number of rotatable bonds is 19. The molecule has 312 valence electrons. The summed E-state index contributed by atoms with van der Waals surface area (Å²) in [6.45, 7) is 0.580. The van der Waals surface area contributed by atoms with Gasteiger partial charge in [-0.05, 0) is 59.5 Å². The summed E-state index contributed by atoms with van der Waals surface area (Å²) in [5.74, 6) is -4.88. The van der Waals surface area contributed by atoms with Crippen LogP contribution in [0.2, 0.25) is 0 Å². The van der Waals surface area contributed by atoms with E-state index in [-0.39, 0.29) is 48.7 Å². The number of anilines is 1. The van der Waals surface area contributed by atoms with Crippen molar-refractivity contribution in [1.29, 1.82) is 0 Å². The van der Waals surface area contributed by atoms with E-state index in [1.54, 1.807) is 24.3 Å². The van der Waals surface area contributed by atoms with Crippen molar-refractivity contribution in [3.63, 3.8) is 0 Å². The first-order chi connectivity index (χ1) is 27.9. The Bertz CT molecular complexity index is 2320. The average molecular weight is 834 g/mol. The van der Waals surface area contributed by atoms with Gasteiger partial charge in [0.05, 0.1) is 18.7 Å². The van der Waals surface area contributed by atoms with Crippen LogP contribution in [0.4, 0.5) is 15.8 Å². The van der Waals surface area contributed by atoms with Gasteiger partial charge in [-0.1, -0.05) is 24.3 Å². The van der Waals surface area contributed by atoms with E-state index in [1.807, 2.05) is 0 Å². The van der Waals surface area contributed by atoms with Crippen molar-refractivity contribution >= 4 is 74.5 Å². The lowest BCUT2D eigenvalue weighted by Gasteiger charge is -2.24. The second kappa shape index (κ2) is 21.0. The van der Waals surface area contributed by atoms with Gasteiger partial charge < -0.3 is 48.2 Å². The molecule has 0 aliphatic rings. The SMILES string of the molecule is CC(=O)N[C@@H](CCS(C)=O)C(=O)NCC(=O)N[C@@H](Cc1ccc(F)cc1)C(=O)N[C@@H](Cc1ccc(N=C(N)N)cc1)C(=O)Nc1ccc2c(CC(N)=O)cc(=O)oc2c1. The van der Waals surface area contributed by atoms with Crippen molar-refractivity contribution in [2.75, 3.05) is 23.9 Å². The predicted molar refractivity (Wildman–Crippen MR) is 218 cm³/mol. The third-order valence-corrected chi connectivity index (χ3v) is 9.36. The standard InChI is InChI=1S/C39H44FN9O9S/c1-21(50)45-29(13-14-59(2)57)36(54)44-20-34(52)48-30(15-22-3-7-25(40)8-4-22)38(56)49-31(16-23-5-9-26(10-6-23)47-39(42)43)37(55)46-27-11-12-28-24(17-33(41)51)18-35(53)58-32(28)19-27/h3-12,18-19,29-31H,13-17,20H2,1-2H3,(H2,41,51)(H,44,54)(H,45,50)(H,46,55)(H,48,52)(H,49,56)(H4,42,43,47)/t29-,30-,31-,59?/m0/s1. The number of carbonyl (C=O) groups excluding carboxylic acids is 6. The van der Waals surface area contributed by atoms with Crippen LogP contribution in [0.5, 0.6) is 0 Å². The molecule has 4 aromatic rings. The maximum Gasteiger partial charge on any atom is 0.336 e. The van der Waals surface area contributed by atoms with Crippen LogP contribution in [0.15, 0.2) is 87.0 Å².